The maximum Gasteiger partial charge on any atom is 0.325 e. The second-order valence-corrected chi connectivity index (χ2v) is 7.89. The van der Waals surface area contributed by atoms with Crippen molar-refractivity contribution < 1.29 is 24.3 Å². The smallest absolute Gasteiger partial charge is 0.325 e. The van der Waals surface area contributed by atoms with E-state index in [1.165, 1.54) is 6.92 Å². The van der Waals surface area contributed by atoms with Gasteiger partial charge in [0.2, 0.25) is 17.7 Å². The summed E-state index contributed by atoms with van der Waals surface area (Å²) in [5, 5.41) is 17.4. The second-order valence-electron chi connectivity index (χ2n) is 7.89. The summed E-state index contributed by atoms with van der Waals surface area (Å²) in [5.74, 6) is -3.07. The van der Waals surface area contributed by atoms with Crippen molar-refractivity contribution in [3.05, 3.63) is 36.0 Å². The van der Waals surface area contributed by atoms with E-state index >= 15 is 0 Å². The molecule has 0 aliphatic carbocycles. The van der Waals surface area contributed by atoms with Crippen molar-refractivity contribution in [2.24, 2.45) is 11.7 Å². The monoisotopic (exact) mass is 445 g/mol. The molecule has 4 atom stereocenters. The fourth-order valence-corrected chi connectivity index (χ4v) is 3.22. The quantitative estimate of drug-likeness (QED) is 0.290. The Hall–Kier alpha value is -3.40. The Labute approximate surface area is 186 Å². The van der Waals surface area contributed by atoms with Gasteiger partial charge in [-0.05, 0) is 30.9 Å². The Morgan fingerprint density at radius 2 is 1.78 bits per heavy atom. The van der Waals surface area contributed by atoms with Crippen molar-refractivity contribution in [1.29, 1.82) is 0 Å². The molecule has 0 spiro atoms. The van der Waals surface area contributed by atoms with Crippen molar-refractivity contribution in [1.82, 2.24) is 20.9 Å². The Morgan fingerprint density at radius 1 is 1.09 bits per heavy atom. The predicted octanol–water partition coefficient (Wildman–Crippen LogP) is 0.274. The first-order valence-electron chi connectivity index (χ1n) is 10.5. The van der Waals surface area contributed by atoms with Gasteiger partial charge in [0, 0.05) is 17.1 Å². The number of para-hydroxylation sites is 1. The van der Waals surface area contributed by atoms with Crippen LogP contribution < -0.4 is 21.7 Å². The summed E-state index contributed by atoms with van der Waals surface area (Å²) in [6, 6.07) is 4.80. The summed E-state index contributed by atoms with van der Waals surface area (Å²) >= 11 is 0. The number of carbonyl (C=O) groups excluding carboxylic acids is 3. The molecule has 1 aromatic carbocycles. The highest BCUT2D eigenvalue weighted by atomic mass is 16.4. The maximum absolute atomic E-state index is 12.4. The summed E-state index contributed by atoms with van der Waals surface area (Å²) in [6.07, 6.45) is 2.68. The number of carboxylic acid groups (broad SMARTS) is 1. The maximum atomic E-state index is 12.4. The number of carboxylic acids is 1. The van der Waals surface area contributed by atoms with Gasteiger partial charge >= 0.3 is 5.97 Å². The van der Waals surface area contributed by atoms with Gasteiger partial charge in [-0.3, -0.25) is 19.2 Å². The van der Waals surface area contributed by atoms with Crippen molar-refractivity contribution >= 4 is 34.6 Å². The molecule has 0 bridgehead atoms. The van der Waals surface area contributed by atoms with Crippen LogP contribution in [0.15, 0.2) is 30.5 Å². The predicted molar refractivity (Wildman–Crippen MR) is 120 cm³/mol. The first kappa shape index (κ1) is 24.9. The molecule has 10 heteroatoms. The zero-order chi connectivity index (χ0) is 23.8. The number of hydrogen-bond acceptors (Lipinski definition) is 5. The number of nitrogens with two attached hydrogens (primary N) is 1. The summed E-state index contributed by atoms with van der Waals surface area (Å²) in [5.41, 5.74) is 7.85. The third-order valence-corrected chi connectivity index (χ3v) is 5.42. The number of aromatic amines is 1. The summed E-state index contributed by atoms with van der Waals surface area (Å²) in [6.45, 7) is 4.61. The molecule has 1 aromatic heterocycles. The van der Waals surface area contributed by atoms with E-state index in [2.05, 4.69) is 20.9 Å². The Kier molecular flexibility index (Phi) is 8.77. The minimum absolute atomic E-state index is 0.236. The summed E-state index contributed by atoms with van der Waals surface area (Å²) in [4.78, 5) is 51.3. The summed E-state index contributed by atoms with van der Waals surface area (Å²) < 4.78 is 0. The number of hydrogen-bond donors (Lipinski definition) is 6. The van der Waals surface area contributed by atoms with Gasteiger partial charge in [0.1, 0.15) is 12.1 Å². The lowest BCUT2D eigenvalue weighted by Crippen LogP contribution is -2.55. The standard InChI is InChI=1S/C22H31N5O5/c1-4-12(2)19(21(30)26-13(3)22(31)32)27-18(28)11-25-20(29)16(23)9-14-10-24-17-8-6-5-7-15(14)17/h5-8,10,12-13,16,19,24H,4,9,11,23H2,1-3H3,(H,25,29)(H,26,30)(H,27,28)(H,31,32). The minimum atomic E-state index is -1.18. The normalized spacial score (nSPS) is 14.8. The molecule has 7 N–H and O–H groups in total. The molecule has 0 radical (unpaired) electrons. The number of fused-ring (bicyclic) bond motifs is 1. The highest BCUT2D eigenvalue weighted by molar-refractivity contribution is 5.93. The van der Waals surface area contributed by atoms with Gasteiger partial charge in [-0.2, -0.15) is 0 Å². The van der Waals surface area contributed by atoms with E-state index in [1.54, 1.807) is 13.1 Å². The van der Waals surface area contributed by atoms with Gasteiger partial charge in [-0.25, -0.2) is 0 Å². The molecule has 0 fully saturated rings. The van der Waals surface area contributed by atoms with E-state index in [9.17, 15) is 19.2 Å². The van der Waals surface area contributed by atoms with Gasteiger partial charge in [0.05, 0.1) is 12.6 Å². The molecule has 174 valence electrons. The lowest BCUT2D eigenvalue weighted by atomic mass is 9.98. The van der Waals surface area contributed by atoms with Gasteiger partial charge in [0.15, 0.2) is 0 Å². The molecule has 32 heavy (non-hydrogen) atoms. The fraction of sp³-hybridized carbons (Fsp3) is 0.455. The number of aromatic nitrogens is 1. The van der Waals surface area contributed by atoms with Crippen molar-refractivity contribution in [2.45, 2.75) is 51.7 Å². The van der Waals surface area contributed by atoms with Crippen LogP contribution in [0.3, 0.4) is 0 Å². The van der Waals surface area contributed by atoms with E-state index in [0.29, 0.717) is 12.8 Å². The van der Waals surface area contributed by atoms with Gasteiger partial charge in [-0.15, -0.1) is 0 Å². The number of H-pyrrole nitrogens is 1. The molecule has 0 saturated heterocycles. The SMILES string of the molecule is CCC(C)C(NC(=O)CNC(=O)C(N)Cc1c[nH]c2ccccc12)C(=O)NC(C)C(=O)O. The van der Waals surface area contributed by atoms with Crippen LogP contribution in [0.2, 0.25) is 0 Å². The van der Waals surface area contributed by atoms with Crippen LogP contribution >= 0.6 is 0 Å². The molecule has 0 saturated carbocycles. The van der Waals surface area contributed by atoms with E-state index in [-0.39, 0.29) is 12.5 Å². The molecule has 2 aromatic rings. The van der Waals surface area contributed by atoms with Crippen LogP contribution in [0.1, 0.15) is 32.8 Å². The zero-order valence-corrected chi connectivity index (χ0v) is 18.5. The van der Waals surface area contributed by atoms with Gasteiger partial charge < -0.3 is 31.8 Å². The van der Waals surface area contributed by atoms with E-state index in [0.717, 1.165) is 16.5 Å². The lowest BCUT2D eigenvalue weighted by molar-refractivity contribution is -0.142. The molecular formula is C22H31N5O5. The number of aliphatic carboxylic acids is 1. The van der Waals surface area contributed by atoms with Crippen molar-refractivity contribution in [2.75, 3.05) is 6.54 Å². The average Bonchev–Trinajstić information content (AvgIpc) is 3.17. The molecular weight excluding hydrogens is 414 g/mol. The molecule has 0 aliphatic heterocycles. The van der Waals surface area contributed by atoms with Crippen molar-refractivity contribution in [3.8, 4) is 0 Å². The van der Waals surface area contributed by atoms with Crippen LogP contribution in [-0.2, 0) is 25.6 Å². The number of benzene rings is 1. The zero-order valence-electron chi connectivity index (χ0n) is 18.5. The van der Waals surface area contributed by atoms with Crippen LogP contribution in [0, 0.1) is 5.92 Å². The second kappa shape index (κ2) is 11.3. The van der Waals surface area contributed by atoms with E-state index in [4.69, 9.17) is 10.8 Å². The number of nitrogens with one attached hydrogen (secondary N) is 4. The molecule has 1 heterocycles. The van der Waals surface area contributed by atoms with Crippen LogP contribution in [0.4, 0.5) is 0 Å². The lowest BCUT2D eigenvalue weighted by Gasteiger charge is -2.24. The first-order chi connectivity index (χ1) is 15.1. The fourth-order valence-electron chi connectivity index (χ4n) is 3.22. The Balaban J connectivity index is 1.90. The first-order valence-corrected chi connectivity index (χ1v) is 10.5. The number of amides is 3. The van der Waals surface area contributed by atoms with E-state index < -0.39 is 41.8 Å². The molecule has 2 rings (SSSR count). The van der Waals surface area contributed by atoms with Crippen LogP contribution in [0.5, 0.6) is 0 Å². The van der Waals surface area contributed by atoms with Crippen LogP contribution in [0.25, 0.3) is 10.9 Å². The molecule has 3 amide bonds. The average molecular weight is 446 g/mol. The number of carbonyl (C=O) groups is 4. The Bertz CT molecular complexity index is 973. The van der Waals surface area contributed by atoms with Gasteiger partial charge in [0.25, 0.3) is 0 Å². The topological polar surface area (TPSA) is 166 Å². The third-order valence-electron chi connectivity index (χ3n) is 5.42. The molecule has 0 aliphatic rings. The minimum Gasteiger partial charge on any atom is -0.480 e. The molecule has 10 nitrogen and oxygen atoms in total. The van der Waals surface area contributed by atoms with E-state index in [1.807, 2.05) is 31.2 Å². The Morgan fingerprint density at radius 3 is 2.44 bits per heavy atom. The summed E-state index contributed by atoms with van der Waals surface area (Å²) in [7, 11) is 0. The largest absolute Gasteiger partial charge is 0.480 e. The van der Waals surface area contributed by atoms with Gasteiger partial charge in [-0.1, -0.05) is 38.5 Å². The molecule has 4 unspecified atom stereocenters. The highest BCUT2D eigenvalue weighted by Crippen LogP contribution is 2.18. The highest BCUT2D eigenvalue weighted by Gasteiger charge is 2.28. The van der Waals surface area contributed by atoms with Crippen molar-refractivity contribution in [3.63, 3.8) is 0 Å². The third kappa shape index (κ3) is 6.55. The van der Waals surface area contributed by atoms with Crippen LogP contribution in [-0.4, -0.2) is 58.5 Å². The number of rotatable bonds is 11.